The molecule has 3 aromatic rings. The molecule has 26 heavy (non-hydrogen) atoms. The van der Waals surface area contributed by atoms with Crippen LogP contribution in [0.25, 0.3) is 6.08 Å². The van der Waals surface area contributed by atoms with E-state index in [2.05, 4.69) is 0 Å². The molecule has 0 unspecified atom stereocenters. The number of furan rings is 1. The van der Waals surface area contributed by atoms with Crippen molar-refractivity contribution < 1.29 is 14.0 Å². The van der Waals surface area contributed by atoms with Gasteiger partial charge in [0.2, 0.25) is 0 Å². The van der Waals surface area contributed by atoms with Gasteiger partial charge in [0.1, 0.15) is 5.76 Å². The molecule has 2 amide bonds. The summed E-state index contributed by atoms with van der Waals surface area (Å²) >= 11 is 2.42. The fraction of sp³-hybridized carbons (Fsp3) is 0. The lowest BCUT2D eigenvalue weighted by Crippen LogP contribution is -2.27. The van der Waals surface area contributed by atoms with Gasteiger partial charge in [-0.3, -0.25) is 9.59 Å². The second-order valence-electron chi connectivity index (χ2n) is 5.42. The Morgan fingerprint density at radius 2 is 1.58 bits per heavy atom. The van der Waals surface area contributed by atoms with Gasteiger partial charge in [-0.15, -0.1) is 0 Å². The van der Waals surface area contributed by atoms with E-state index in [4.69, 9.17) is 4.42 Å². The van der Waals surface area contributed by atoms with Crippen LogP contribution >= 0.6 is 23.5 Å². The third-order valence-electron chi connectivity index (χ3n) is 3.65. The normalized spacial score (nSPS) is 15.8. The van der Waals surface area contributed by atoms with Crippen LogP contribution in [0.3, 0.4) is 0 Å². The number of para-hydroxylation sites is 1. The second-order valence-corrected chi connectivity index (χ2v) is 7.50. The summed E-state index contributed by atoms with van der Waals surface area (Å²) in [6, 6.07) is 22.4. The van der Waals surface area contributed by atoms with Crippen molar-refractivity contribution >= 4 is 46.4 Å². The Morgan fingerprint density at radius 3 is 2.31 bits per heavy atom. The number of imide groups is 1. The molecule has 1 aromatic heterocycles. The van der Waals surface area contributed by atoms with Crippen molar-refractivity contribution in [1.82, 2.24) is 0 Å². The van der Waals surface area contributed by atoms with E-state index in [1.54, 1.807) is 36.4 Å². The van der Waals surface area contributed by atoms with Gasteiger partial charge in [-0.05, 0) is 48.2 Å². The zero-order chi connectivity index (χ0) is 17.9. The number of hydrogen-bond acceptors (Lipinski definition) is 5. The number of anilines is 1. The topological polar surface area (TPSA) is 50.5 Å². The van der Waals surface area contributed by atoms with Crippen molar-refractivity contribution in [3.05, 3.63) is 83.5 Å². The highest BCUT2D eigenvalue weighted by molar-refractivity contribution is 8.19. The lowest BCUT2D eigenvalue weighted by atomic mass is 10.3. The minimum absolute atomic E-state index is 0.308. The number of nitrogens with zero attached hydrogens (tertiary/aromatic N) is 1. The van der Waals surface area contributed by atoms with Gasteiger partial charge in [0, 0.05) is 11.0 Å². The average Bonchev–Trinajstić information content (AvgIpc) is 3.21. The van der Waals surface area contributed by atoms with E-state index >= 15 is 0 Å². The Hall–Kier alpha value is -2.70. The molecule has 4 rings (SSSR count). The number of carbonyl (C=O) groups excluding carboxylic acids is 2. The van der Waals surface area contributed by atoms with Crippen molar-refractivity contribution in [2.75, 3.05) is 4.90 Å². The molecule has 0 radical (unpaired) electrons. The smallest absolute Gasteiger partial charge is 0.298 e. The van der Waals surface area contributed by atoms with E-state index < -0.39 is 0 Å². The summed E-state index contributed by atoms with van der Waals surface area (Å²) < 4.78 is 5.77. The molecule has 1 aliphatic heterocycles. The van der Waals surface area contributed by atoms with Crippen LogP contribution in [-0.2, 0) is 4.79 Å². The minimum atomic E-state index is -0.333. The molecule has 0 N–H and O–H groups in total. The maximum Gasteiger partial charge on any atom is 0.298 e. The van der Waals surface area contributed by atoms with Crippen LogP contribution in [0, 0.1) is 0 Å². The van der Waals surface area contributed by atoms with Crippen LogP contribution in [0.2, 0.25) is 0 Å². The highest BCUT2D eigenvalue weighted by Crippen LogP contribution is 2.36. The van der Waals surface area contributed by atoms with Crippen molar-refractivity contribution in [2.24, 2.45) is 0 Å². The summed E-state index contributed by atoms with van der Waals surface area (Å²) in [5, 5.41) is 0.419. The van der Waals surface area contributed by atoms with Crippen molar-refractivity contribution in [3.8, 4) is 0 Å². The molecule has 1 saturated heterocycles. The fourth-order valence-electron chi connectivity index (χ4n) is 2.47. The van der Waals surface area contributed by atoms with Gasteiger partial charge < -0.3 is 4.42 Å². The average molecular weight is 379 g/mol. The molecule has 1 fully saturated rings. The van der Waals surface area contributed by atoms with Crippen molar-refractivity contribution in [3.63, 3.8) is 0 Å². The molecule has 128 valence electrons. The lowest BCUT2D eigenvalue weighted by molar-refractivity contribution is -0.113. The Morgan fingerprint density at radius 1 is 0.885 bits per heavy atom. The van der Waals surface area contributed by atoms with Crippen molar-refractivity contribution in [1.29, 1.82) is 0 Å². The van der Waals surface area contributed by atoms with Gasteiger partial charge >= 0.3 is 0 Å². The summed E-state index contributed by atoms with van der Waals surface area (Å²) in [6.45, 7) is 0. The van der Waals surface area contributed by atoms with Gasteiger partial charge in [-0.1, -0.05) is 48.2 Å². The molecule has 0 spiro atoms. The number of thioether (sulfide) groups is 1. The van der Waals surface area contributed by atoms with Gasteiger partial charge in [-0.25, -0.2) is 4.90 Å². The highest BCUT2D eigenvalue weighted by atomic mass is 32.2. The van der Waals surface area contributed by atoms with Crippen LogP contribution in [0.1, 0.15) is 5.76 Å². The second kappa shape index (κ2) is 7.27. The summed E-state index contributed by atoms with van der Waals surface area (Å²) in [5.74, 6) is 0.210. The molecule has 2 heterocycles. The molecule has 6 heteroatoms. The first-order valence-electron chi connectivity index (χ1n) is 7.86. The SMILES string of the molecule is O=C1S/C(=C/c2ccc(Sc3ccccc3)o2)C(=O)N1c1ccccc1. The molecular weight excluding hydrogens is 366 g/mol. The quantitative estimate of drug-likeness (QED) is 0.547. The van der Waals surface area contributed by atoms with E-state index in [1.807, 2.05) is 42.5 Å². The molecule has 0 saturated carbocycles. The first kappa shape index (κ1) is 16.8. The van der Waals surface area contributed by atoms with E-state index in [-0.39, 0.29) is 11.1 Å². The predicted molar refractivity (Wildman–Crippen MR) is 104 cm³/mol. The molecule has 4 nitrogen and oxygen atoms in total. The fourth-order valence-corrected chi connectivity index (χ4v) is 4.09. The third kappa shape index (κ3) is 3.47. The van der Waals surface area contributed by atoms with Crippen LogP contribution in [-0.4, -0.2) is 11.1 Å². The lowest BCUT2D eigenvalue weighted by Gasteiger charge is -2.11. The zero-order valence-electron chi connectivity index (χ0n) is 13.5. The number of benzene rings is 2. The number of rotatable bonds is 4. The zero-order valence-corrected chi connectivity index (χ0v) is 15.1. The molecule has 0 aliphatic carbocycles. The number of carbonyl (C=O) groups is 2. The largest absolute Gasteiger partial charge is 0.450 e. The Kier molecular flexibility index (Phi) is 4.69. The third-order valence-corrected chi connectivity index (χ3v) is 5.44. The molecule has 1 aliphatic rings. The minimum Gasteiger partial charge on any atom is -0.450 e. The Bertz CT molecular complexity index is 981. The van der Waals surface area contributed by atoms with Gasteiger partial charge in [-0.2, -0.15) is 0 Å². The molecular formula is C20H13NO3S2. The predicted octanol–water partition coefficient (Wildman–Crippen LogP) is 5.67. The Balaban J connectivity index is 1.54. The van der Waals surface area contributed by atoms with Crippen LogP contribution < -0.4 is 4.90 Å². The monoisotopic (exact) mass is 379 g/mol. The van der Waals surface area contributed by atoms with Crippen LogP contribution in [0.5, 0.6) is 0 Å². The summed E-state index contributed by atoms with van der Waals surface area (Å²) in [5.41, 5.74) is 0.568. The first-order chi connectivity index (χ1) is 12.7. The molecule has 0 atom stereocenters. The van der Waals surface area contributed by atoms with Crippen LogP contribution in [0.4, 0.5) is 10.5 Å². The standard InChI is InChI=1S/C20H13NO3S2/c22-19-17(26-20(23)21(19)14-7-3-1-4-8-14)13-15-11-12-18(24-15)25-16-9-5-2-6-10-16/h1-13H/b17-13+. The van der Waals surface area contributed by atoms with Crippen molar-refractivity contribution in [2.45, 2.75) is 9.99 Å². The van der Waals surface area contributed by atoms with Gasteiger partial charge in [0.15, 0.2) is 5.09 Å². The van der Waals surface area contributed by atoms with E-state index in [0.29, 0.717) is 16.4 Å². The van der Waals surface area contributed by atoms with E-state index in [0.717, 1.165) is 21.7 Å². The van der Waals surface area contributed by atoms with Gasteiger partial charge in [0.05, 0.1) is 10.6 Å². The first-order valence-corrected chi connectivity index (χ1v) is 9.50. The van der Waals surface area contributed by atoms with Crippen LogP contribution in [0.15, 0.2) is 92.1 Å². The molecule has 2 aromatic carbocycles. The summed E-state index contributed by atoms with van der Waals surface area (Å²) in [6.07, 6.45) is 1.61. The Labute approximate surface area is 158 Å². The van der Waals surface area contributed by atoms with E-state index in [9.17, 15) is 9.59 Å². The van der Waals surface area contributed by atoms with E-state index in [1.165, 1.54) is 16.7 Å². The number of hydrogen-bond donors (Lipinski definition) is 0. The van der Waals surface area contributed by atoms with Gasteiger partial charge in [0.25, 0.3) is 11.1 Å². The summed E-state index contributed by atoms with van der Waals surface area (Å²) in [4.78, 5) is 27.4. The number of amides is 2. The highest BCUT2D eigenvalue weighted by Gasteiger charge is 2.36. The summed E-state index contributed by atoms with van der Waals surface area (Å²) in [7, 11) is 0. The maximum absolute atomic E-state index is 12.6. The molecule has 0 bridgehead atoms. The maximum atomic E-state index is 12.6.